The van der Waals surface area contributed by atoms with Gasteiger partial charge in [-0.3, -0.25) is 14.5 Å². The Kier molecular flexibility index (Phi) is 4.59. The zero-order valence-electron chi connectivity index (χ0n) is 12.2. The monoisotopic (exact) mass is 363 g/mol. The van der Waals surface area contributed by atoms with Crippen molar-refractivity contribution in [3.8, 4) is 5.75 Å². The molecule has 1 fully saturated rings. The molecule has 1 N–H and O–H groups in total. The lowest BCUT2D eigenvalue weighted by molar-refractivity contribution is -0.123. The van der Waals surface area contributed by atoms with Gasteiger partial charge in [0.25, 0.3) is 11.1 Å². The topological polar surface area (TPSA) is 57.6 Å². The highest BCUT2D eigenvalue weighted by atomic mass is 35.5. The van der Waals surface area contributed by atoms with Crippen molar-refractivity contribution in [2.45, 2.75) is 6.54 Å². The molecule has 1 heterocycles. The second-order valence-electron chi connectivity index (χ2n) is 5.03. The summed E-state index contributed by atoms with van der Waals surface area (Å²) in [7, 11) is 0. The molecule has 0 unspecified atom stereocenters. The van der Waals surface area contributed by atoms with Crippen LogP contribution < -0.4 is 0 Å². The van der Waals surface area contributed by atoms with Gasteiger partial charge in [0.2, 0.25) is 0 Å². The van der Waals surface area contributed by atoms with E-state index in [4.69, 9.17) is 11.6 Å². The average molecular weight is 364 g/mol. The Morgan fingerprint density at radius 1 is 1.17 bits per heavy atom. The molecule has 0 aliphatic carbocycles. The predicted octanol–water partition coefficient (Wildman–Crippen LogP) is 4.42. The van der Waals surface area contributed by atoms with E-state index in [2.05, 4.69) is 0 Å². The fourth-order valence-electron chi connectivity index (χ4n) is 2.23. The van der Waals surface area contributed by atoms with Crippen LogP contribution >= 0.6 is 23.4 Å². The minimum Gasteiger partial charge on any atom is -0.507 e. The van der Waals surface area contributed by atoms with Gasteiger partial charge in [-0.1, -0.05) is 35.9 Å². The molecule has 0 aromatic heterocycles. The van der Waals surface area contributed by atoms with Crippen molar-refractivity contribution in [2.24, 2.45) is 0 Å². The summed E-state index contributed by atoms with van der Waals surface area (Å²) in [6.07, 6.45) is 1.43. The number of phenolic OH excluding ortho intramolecular Hbond substituents is 1. The van der Waals surface area contributed by atoms with E-state index in [1.54, 1.807) is 18.2 Å². The fourth-order valence-corrected chi connectivity index (χ4v) is 3.28. The largest absolute Gasteiger partial charge is 0.507 e. The van der Waals surface area contributed by atoms with Crippen molar-refractivity contribution < 1.29 is 19.1 Å². The Morgan fingerprint density at radius 3 is 2.62 bits per heavy atom. The Labute approximate surface area is 146 Å². The van der Waals surface area contributed by atoms with E-state index < -0.39 is 17.0 Å². The number of benzene rings is 2. The molecule has 1 aliphatic rings. The first-order valence-corrected chi connectivity index (χ1v) is 8.13. The second kappa shape index (κ2) is 6.67. The molecule has 0 spiro atoms. The third-order valence-electron chi connectivity index (χ3n) is 3.47. The normalized spacial score (nSPS) is 16.2. The maximum absolute atomic E-state index is 13.9. The van der Waals surface area contributed by atoms with Crippen molar-refractivity contribution in [3.63, 3.8) is 0 Å². The molecule has 2 amide bonds. The maximum Gasteiger partial charge on any atom is 0.293 e. The summed E-state index contributed by atoms with van der Waals surface area (Å²) < 4.78 is 13.9. The highest BCUT2D eigenvalue weighted by Crippen LogP contribution is 2.35. The average Bonchev–Trinajstić information content (AvgIpc) is 2.80. The predicted molar refractivity (Wildman–Crippen MR) is 91.0 cm³/mol. The number of para-hydroxylation sites is 1. The number of nitrogens with zero attached hydrogens (tertiary/aromatic N) is 1. The van der Waals surface area contributed by atoms with Gasteiger partial charge in [-0.15, -0.1) is 0 Å². The SMILES string of the molecule is O=C1S/C(=C\c2ccccc2O)C(=O)N1Cc1c(F)cccc1Cl. The van der Waals surface area contributed by atoms with Gasteiger partial charge in [0.05, 0.1) is 11.4 Å². The van der Waals surface area contributed by atoms with E-state index in [0.717, 1.165) is 16.7 Å². The van der Waals surface area contributed by atoms with Crippen molar-refractivity contribution in [1.29, 1.82) is 0 Å². The number of aromatic hydroxyl groups is 1. The molecule has 122 valence electrons. The third-order valence-corrected chi connectivity index (χ3v) is 4.74. The highest BCUT2D eigenvalue weighted by Gasteiger charge is 2.36. The summed E-state index contributed by atoms with van der Waals surface area (Å²) in [6.45, 7) is -0.242. The van der Waals surface area contributed by atoms with E-state index in [1.807, 2.05) is 0 Å². The number of thioether (sulfide) groups is 1. The first-order valence-electron chi connectivity index (χ1n) is 6.93. The van der Waals surface area contributed by atoms with Crippen LogP contribution in [0.2, 0.25) is 5.02 Å². The summed E-state index contributed by atoms with van der Waals surface area (Å²) in [5.41, 5.74) is 0.511. The van der Waals surface area contributed by atoms with Crippen LogP contribution in [0.15, 0.2) is 47.4 Å². The zero-order chi connectivity index (χ0) is 17.3. The van der Waals surface area contributed by atoms with Gasteiger partial charge in [0, 0.05) is 16.1 Å². The van der Waals surface area contributed by atoms with Crippen LogP contribution in [0.1, 0.15) is 11.1 Å². The summed E-state index contributed by atoms with van der Waals surface area (Å²) in [5, 5.41) is 9.40. The minimum absolute atomic E-state index is 0.00134. The number of rotatable bonds is 3. The van der Waals surface area contributed by atoms with Crippen molar-refractivity contribution in [1.82, 2.24) is 4.90 Å². The van der Waals surface area contributed by atoms with Crippen molar-refractivity contribution in [3.05, 3.63) is 69.3 Å². The summed E-state index contributed by atoms with van der Waals surface area (Å²) in [5.74, 6) is -1.12. The molecular weight excluding hydrogens is 353 g/mol. The lowest BCUT2D eigenvalue weighted by Gasteiger charge is -2.14. The lowest BCUT2D eigenvalue weighted by atomic mass is 10.1. The number of amides is 2. The minimum atomic E-state index is -0.578. The molecule has 24 heavy (non-hydrogen) atoms. The molecule has 0 radical (unpaired) electrons. The lowest BCUT2D eigenvalue weighted by Crippen LogP contribution is -2.28. The fraction of sp³-hybridized carbons (Fsp3) is 0.0588. The smallest absolute Gasteiger partial charge is 0.293 e. The van der Waals surface area contributed by atoms with E-state index in [0.29, 0.717) is 5.56 Å². The van der Waals surface area contributed by atoms with Crippen LogP contribution in [-0.2, 0) is 11.3 Å². The molecular formula is C17H11ClFNO3S. The van der Waals surface area contributed by atoms with Crippen LogP contribution in [0.25, 0.3) is 6.08 Å². The Balaban J connectivity index is 1.89. The van der Waals surface area contributed by atoms with Crippen LogP contribution in [0.3, 0.4) is 0 Å². The van der Waals surface area contributed by atoms with Gasteiger partial charge in [-0.05, 0) is 36.0 Å². The second-order valence-corrected chi connectivity index (χ2v) is 6.43. The zero-order valence-corrected chi connectivity index (χ0v) is 13.8. The number of hydrogen-bond acceptors (Lipinski definition) is 4. The van der Waals surface area contributed by atoms with Crippen LogP contribution in [0.4, 0.5) is 9.18 Å². The number of carbonyl (C=O) groups is 2. The molecule has 2 aromatic rings. The molecule has 2 aromatic carbocycles. The summed E-state index contributed by atoms with van der Waals surface area (Å²) >= 11 is 6.68. The standard InChI is InChI=1S/C17H11ClFNO3S/c18-12-5-3-6-13(19)11(12)9-20-16(22)15(24-17(20)23)8-10-4-1-2-7-14(10)21/h1-8,21H,9H2/b15-8-. The molecule has 3 rings (SSSR count). The van der Waals surface area contributed by atoms with Gasteiger partial charge in [-0.2, -0.15) is 0 Å². The van der Waals surface area contributed by atoms with Crippen molar-refractivity contribution >= 4 is 40.6 Å². The first-order chi connectivity index (χ1) is 11.5. The molecule has 1 aliphatic heterocycles. The van der Waals surface area contributed by atoms with Crippen LogP contribution in [0.5, 0.6) is 5.75 Å². The third kappa shape index (κ3) is 3.16. The molecule has 1 saturated heterocycles. The number of carbonyl (C=O) groups excluding carboxylic acids is 2. The number of halogens is 2. The molecule has 4 nitrogen and oxygen atoms in total. The Hall–Kier alpha value is -2.31. The molecule has 0 bridgehead atoms. The molecule has 0 saturated carbocycles. The van der Waals surface area contributed by atoms with E-state index in [1.165, 1.54) is 30.3 Å². The number of phenols is 1. The Bertz CT molecular complexity index is 848. The van der Waals surface area contributed by atoms with Crippen LogP contribution in [-0.4, -0.2) is 21.2 Å². The molecule has 0 atom stereocenters. The highest BCUT2D eigenvalue weighted by molar-refractivity contribution is 8.18. The summed E-state index contributed by atoms with van der Waals surface area (Å²) in [4.78, 5) is 25.6. The first kappa shape index (κ1) is 16.5. The number of imide groups is 1. The van der Waals surface area contributed by atoms with Crippen molar-refractivity contribution in [2.75, 3.05) is 0 Å². The van der Waals surface area contributed by atoms with E-state index in [-0.39, 0.29) is 27.8 Å². The summed E-state index contributed by atoms with van der Waals surface area (Å²) in [6, 6.07) is 10.6. The van der Waals surface area contributed by atoms with E-state index >= 15 is 0 Å². The molecule has 7 heteroatoms. The quantitative estimate of drug-likeness (QED) is 0.820. The van der Waals surface area contributed by atoms with Gasteiger partial charge in [-0.25, -0.2) is 4.39 Å². The van der Waals surface area contributed by atoms with Gasteiger partial charge < -0.3 is 5.11 Å². The Morgan fingerprint density at radius 2 is 1.92 bits per heavy atom. The van der Waals surface area contributed by atoms with Crippen LogP contribution in [0, 0.1) is 5.82 Å². The van der Waals surface area contributed by atoms with E-state index in [9.17, 15) is 19.1 Å². The maximum atomic E-state index is 13.9. The van der Waals surface area contributed by atoms with Gasteiger partial charge in [0.15, 0.2) is 0 Å². The van der Waals surface area contributed by atoms with Gasteiger partial charge >= 0.3 is 0 Å². The van der Waals surface area contributed by atoms with Gasteiger partial charge in [0.1, 0.15) is 11.6 Å². The number of hydrogen-bond donors (Lipinski definition) is 1.